The van der Waals surface area contributed by atoms with Gasteiger partial charge < -0.3 is 9.80 Å². The van der Waals surface area contributed by atoms with Crippen LogP contribution in [0.5, 0.6) is 0 Å². The van der Waals surface area contributed by atoms with E-state index in [-0.39, 0.29) is 11.9 Å². The van der Waals surface area contributed by atoms with Gasteiger partial charge in [-0.3, -0.25) is 4.79 Å². The van der Waals surface area contributed by atoms with Gasteiger partial charge in [-0.2, -0.15) is 0 Å². The van der Waals surface area contributed by atoms with Gasteiger partial charge in [-0.05, 0) is 18.9 Å². The number of carbonyl (C=O) groups excluding carboxylic acids is 1. The standard InChI is InChI=1S/C12H18N4O/c1-9-6-13-12(14-7-9)16-5-4-11(8-16)15(3)10(2)17/h6-7,11H,4-5,8H2,1-3H3. The van der Waals surface area contributed by atoms with E-state index in [0.29, 0.717) is 0 Å². The number of nitrogens with zero attached hydrogens (tertiary/aromatic N) is 4. The highest BCUT2D eigenvalue weighted by Crippen LogP contribution is 2.18. The number of anilines is 1. The molecule has 1 aromatic heterocycles. The van der Waals surface area contributed by atoms with Gasteiger partial charge >= 0.3 is 0 Å². The van der Waals surface area contributed by atoms with E-state index in [4.69, 9.17) is 0 Å². The van der Waals surface area contributed by atoms with Crippen LogP contribution in [0, 0.1) is 6.92 Å². The molecule has 2 rings (SSSR count). The second-order valence-corrected chi connectivity index (χ2v) is 4.58. The second kappa shape index (κ2) is 4.69. The Morgan fingerprint density at radius 2 is 2.12 bits per heavy atom. The van der Waals surface area contributed by atoms with Crippen LogP contribution < -0.4 is 4.90 Å². The van der Waals surface area contributed by atoms with E-state index in [2.05, 4.69) is 14.9 Å². The minimum absolute atomic E-state index is 0.113. The molecule has 0 aliphatic carbocycles. The van der Waals surface area contributed by atoms with Crippen molar-refractivity contribution in [1.29, 1.82) is 0 Å². The van der Waals surface area contributed by atoms with Crippen LogP contribution in [0.25, 0.3) is 0 Å². The first-order chi connectivity index (χ1) is 8.08. The molecule has 92 valence electrons. The Balaban J connectivity index is 2.02. The molecule has 1 aliphatic heterocycles. The summed E-state index contributed by atoms with van der Waals surface area (Å²) < 4.78 is 0. The molecule has 1 aromatic rings. The molecule has 17 heavy (non-hydrogen) atoms. The van der Waals surface area contributed by atoms with Gasteiger partial charge in [0.25, 0.3) is 0 Å². The van der Waals surface area contributed by atoms with Crippen molar-refractivity contribution in [2.75, 3.05) is 25.0 Å². The minimum atomic E-state index is 0.113. The van der Waals surface area contributed by atoms with Gasteiger partial charge in [-0.1, -0.05) is 0 Å². The lowest BCUT2D eigenvalue weighted by atomic mass is 10.2. The SMILES string of the molecule is CC(=O)N(C)C1CCN(c2ncc(C)cn2)C1. The van der Waals surface area contributed by atoms with Gasteiger partial charge in [0.2, 0.25) is 11.9 Å². The van der Waals surface area contributed by atoms with Gasteiger partial charge in [0.1, 0.15) is 0 Å². The number of likely N-dealkylation sites (N-methyl/N-ethyl adjacent to an activating group) is 1. The second-order valence-electron chi connectivity index (χ2n) is 4.58. The van der Waals surface area contributed by atoms with Crippen LogP contribution in [0.3, 0.4) is 0 Å². The third kappa shape index (κ3) is 2.54. The van der Waals surface area contributed by atoms with Crippen molar-refractivity contribution in [2.45, 2.75) is 26.3 Å². The summed E-state index contributed by atoms with van der Waals surface area (Å²) >= 11 is 0. The lowest BCUT2D eigenvalue weighted by molar-refractivity contribution is -0.129. The molecule has 0 radical (unpaired) electrons. The van der Waals surface area contributed by atoms with Crippen molar-refractivity contribution in [3.63, 3.8) is 0 Å². The van der Waals surface area contributed by atoms with Crippen molar-refractivity contribution in [3.05, 3.63) is 18.0 Å². The average molecular weight is 234 g/mol. The summed E-state index contributed by atoms with van der Waals surface area (Å²) in [5.41, 5.74) is 1.06. The smallest absolute Gasteiger partial charge is 0.225 e. The van der Waals surface area contributed by atoms with Crippen LogP contribution in [0.15, 0.2) is 12.4 Å². The summed E-state index contributed by atoms with van der Waals surface area (Å²) in [4.78, 5) is 23.8. The van der Waals surface area contributed by atoms with Crippen LogP contribution in [-0.2, 0) is 4.79 Å². The lowest BCUT2D eigenvalue weighted by Gasteiger charge is -2.23. The van der Waals surface area contributed by atoms with Crippen LogP contribution in [0.4, 0.5) is 5.95 Å². The first-order valence-corrected chi connectivity index (χ1v) is 5.85. The summed E-state index contributed by atoms with van der Waals surface area (Å²) in [6.45, 7) is 5.30. The Morgan fingerprint density at radius 3 is 2.71 bits per heavy atom. The predicted molar refractivity (Wildman–Crippen MR) is 65.8 cm³/mol. The fourth-order valence-corrected chi connectivity index (χ4v) is 2.05. The van der Waals surface area contributed by atoms with Crippen LogP contribution in [-0.4, -0.2) is 47.0 Å². The highest BCUT2D eigenvalue weighted by atomic mass is 16.2. The summed E-state index contributed by atoms with van der Waals surface area (Å²) in [5, 5.41) is 0. The minimum Gasteiger partial charge on any atom is -0.341 e. The van der Waals surface area contributed by atoms with Crippen molar-refractivity contribution < 1.29 is 4.79 Å². The molecule has 0 saturated carbocycles. The van der Waals surface area contributed by atoms with E-state index in [1.807, 2.05) is 26.4 Å². The maximum absolute atomic E-state index is 11.3. The molecule has 0 N–H and O–H groups in total. The van der Waals surface area contributed by atoms with E-state index in [1.54, 1.807) is 11.8 Å². The summed E-state index contributed by atoms with van der Waals surface area (Å²) in [7, 11) is 1.85. The maximum atomic E-state index is 11.3. The van der Waals surface area contributed by atoms with Gasteiger partial charge in [-0.15, -0.1) is 0 Å². The molecule has 1 fully saturated rings. The predicted octanol–water partition coefficient (Wildman–Crippen LogP) is 0.842. The highest BCUT2D eigenvalue weighted by molar-refractivity contribution is 5.73. The number of aromatic nitrogens is 2. The first-order valence-electron chi connectivity index (χ1n) is 5.85. The fourth-order valence-electron chi connectivity index (χ4n) is 2.05. The largest absolute Gasteiger partial charge is 0.341 e. The molecule has 0 spiro atoms. The quantitative estimate of drug-likeness (QED) is 0.761. The number of rotatable bonds is 2. The van der Waals surface area contributed by atoms with Crippen LogP contribution in [0.1, 0.15) is 18.9 Å². The van der Waals surface area contributed by atoms with Crippen molar-refractivity contribution in [2.24, 2.45) is 0 Å². The van der Waals surface area contributed by atoms with Gasteiger partial charge in [0, 0.05) is 39.5 Å². The number of carbonyl (C=O) groups is 1. The number of hydrogen-bond acceptors (Lipinski definition) is 4. The lowest BCUT2D eigenvalue weighted by Crippen LogP contribution is -2.37. The van der Waals surface area contributed by atoms with Gasteiger partial charge in [-0.25, -0.2) is 9.97 Å². The molecule has 1 atom stereocenters. The van der Waals surface area contributed by atoms with E-state index in [1.165, 1.54) is 0 Å². The summed E-state index contributed by atoms with van der Waals surface area (Å²) in [6, 6.07) is 0.275. The monoisotopic (exact) mass is 234 g/mol. The normalized spacial score (nSPS) is 19.5. The van der Waals surface area contributed by atoms with E-state index in [0.717, 1.165) is 31.0 Å². The van der Waals surface area contributed by atoms with E-state index in [9.17, 15) is 4.79 Å². The van der Waals surface area contributed by atoms with E-state index < -0.39 is 0 Å². The fraction of sp³-hybridized carbons (Fsp3) is 0.583. The van der Waals surface area contributed by atoms with Crippen molar-refractivity contribution in [1.82, 2.24) is 14.9 Å². The molecule has 2 heterocycles. The molecule has 1 amide bonds. The van der Waals surface area contributed by atoms with Gasteiger partial charge in [0.15, 0.2) is 0 Å². The molecular weight excluding hydrogens is 216 g/mol. The molecule has 1 saturated heterocycles. The average Bonchev–Trinajstić information content (AvgIpc) is 2.78. The van der Waals surface area contributed by atoms with Crippen LogP contribution >= 0.6 is 0 Å². The molecule has 5 heteroatoms. The molecule has 0 aromatic carbocycles. The number of amides is 1. The van der Waals surface area contributed by atoms with E-state index >= 15 is 0 Å². The topological polar surface area (TPSA) is 49.3 Å². The summed E-state index contributed by atoms with van der Waals surface area (Å²) in [5.74, 6) is 0.872. The highest BCUT2D eigenvalue weighted by Gasteiger charge is 2.28. The third-order valence-electron chi connectivity index (χ3n) is 3.26. The molecular formula is C12H18N4O. The van der Waals surface area contributed by atoms with Crippen LogP contribution in [0.2, 0.25) is 0 Å². The molecule has 1 aliphatic rings. The zero-order chi connectivity index (χ0) is 12.4. The third-order valence-corrected chi connectivity index (χ3v) is 3.26. The maximum Gasteiger partial charge on any atom is 0.225 e. The summed E-state index contributed by atoms with van der Waals surface area (Å²) in [6.07, 6.45) is 4.63. The Bertz CT molecular complexity index is 403. The molecule has 0 bridgehead atoms. The zero-order valence-electron chi connectivity index (χ0n) is 10.6. The Hall–Kier alpha value is -1.65. The Labute approximate surface area is 101 Å². The Morgan fingerprint density at radius 1 is 1.47 bits per heavy atom. The number of hydrogen-bond donors (Lipinski definition) is 0. The van der Waals surface area contributed by atoms with Crippen molar-refractivity contribution in [3.8, 4) is 0 Å². The number of aryl methyl sites for hydroxylation is 1. The first kappa shape index (κ1) is 11.8. The zero-order valence-corrected chi connectivity index (χ0v) is 10.6. The molecule has 5 nitrogen and oxygen atoms in total. The Kier molecular flexibility index (Phi) is 3.26. The van der Waals surface area contributed by atoms with Crippen molar-refractivity contribution >= 4 is 11.9 Å². The van der Waals surface area contributed by atoms with Gasteiger partial charge in [0.05, 0.1) is 6.04 Å². The molecule has 1 unspecified atom stereocenters.